The van der Waals surface area contributed by atoms with E-state index in [1.807, 2.05) is 6.07 Å². The van der Waals surface area contributed by atoms with Crippen molar-refractivity contribution in [3.63, 3.8) is 0 Å². The predicted molar refractivity (Wildman–Crippen MR) is 86.1 cm³/mol. The van der Waals surface area contributed by atoms with Crippen LogP contribution in [0.5, 0.6) is 0 Å². The van der Waals surface area contributed by atoms with Crippen molar-refractivity contribution in [1.29, 1.82) is 0 Å². The molecule has 3 N–H and O–H groups in total. The number of β-amino-alcohol motifs (C(OH)–C–C–N with tert-alkyl or cyclic N) is 1. The number of nitrogens with one attached hydrogen (secondary N) is 2. The zero-order chi connectivity index (χ0) is 13.1. The Morgan fingerprint density at radius 3 is 2.84 bits per heavy atom. The van der Waals surface area contributed by atoms with Crippen LogP contribution in [0.4, 0.5) is 0 Å². The molecule has 0 saturated carbocycles. The molecule has 2 atom stereocenters. The summed E-state index contributed by atoms with van der Waals surface area (Å²) in [4.78, 5) is 11.9. The Balaban J connectivity index is 0.00000180. The van der Waals surface area contributed by atoms with E-state index in [9.17, 15) is 9.90 Å². The Hall–Kier alpha value is -0.0800. The fraction of sp³-hybridized carbons (Fsp3) is 0.417. The Morgan fingerprint density at radius 1 is 1.53 bits per heavy atom. The van der Waals surface area contributed by atoms with E-state index < -0.39 is 0 Å². The summed E-state index contributed by atoms with van der Waals surface area (Å²) in [6, 6.07) is 5.21. The molecule has 1 saturated heterocycles. The summed E-state index contributed by atoms with van der Waals surface area (Å²) in [6.07, 6.45) is -0.384. The van der Waals surface area contributed by atoms with E-state index in [2.05, 4.69) is 33.2 Å². The van der Waals surface area contributed by atoms with Crippen molar-refractivity contribution in [3.8, 4) is 0 Å². The fourth-order valence-corrected chi connectivity index (χ4v) is 2.41. The highest BCUT2D eigenvalue weighted by atomic mass is 127. The molecule has 1 aromatic rings. The van der Waals surface area contributed by atoms with E-state index in [-0.39, 0.29) is 30.3 Å². The molecule has 1 heterocycles. The highest BCUT2D eigenvalue weighted by molar-refractivity contribution is 14.1. The molecule has 0 bridgehead atoms. The lowest BCUT2D eigenvalue weighted by Crippen LogP contribution is -2.34. The number of carbonyl (C=O) groups is 1. The SMILES string of the molecule is Cl.O=C(NCC1CNCC1O)c1ccc(I)c(Cl)c1. The van der Waals surface area contributed by atoms with Crippen LogP contribution in [0.1, 0.15) is 10.4 Å². The van der Waals surface area contributed by atoms with Gasteiger partial charge in [-0.25, -0.2) is 0 Å². The second kappa shape index (κ2) is 7.64. The van der Waals surface area contributed by atoms with Crippen LogP contribution in [-0.4, -0.2) is 36.8 Å². The molecule has 7 heteroatoms. The maximum Gasteiger partial charge on any atom is 0.251 e. The lowest BCUT2D eigenvalue weighted by Gasteiger charge is -2.14. The van der Waals surface area contributed by atoms with Crippen molar-refractivity contribution in [2.24, 2.45) is 5.92 Å². The van der Waals surface area contributed by atoms with Gasteiger partial charge in [-0.3, -0.25) is 4.79 Å². The van der Waals surface area contributed by atoms with Crippen LogP contribution in [0.3, 0.4) is 0 Å². The molecule has 1 fully saturated rings. The van der Waals surface area contributed by atoms with Crippen molar-refractivity contribution in [2.75, 3.05) is 19.6 Å². The number of amides is 1. The van der Waals surface area contributed by atoms with Crippen LogP contribution < -0.4 is 10.6 Å². The quantitative estimate of drug-likeness (QED) is 0.657. The average molecular weight is 417 g/mol. The maximum absolute atomic E-state index is 11.9. The first-order valence-electron chi connectivity index (χ1n) is 5.70. The number of hydrogen-bond donors (Lipinski definition) is 3. The predicted octanol–water partition coefficient (Wildman–Crippen LogP) is 1.68. The zero-order valence-electron chi connectivity index (χ0n) is 10.0. The Morgan fingerprint density at radius 2 is 2.26 bits per heavy atom. The largest absolute Gasteiger partial charge is 0.391 e. The standard InChI is InChI=1S/C12H14ClIN2O2.ClH/c13-9-3-7(1-2-10(9)14)12(18)16-5-8-4-15-6-11(8)17;/h1-3,8,11,15,17H,4-6H2,(H,16,18);1H. The van der Waals surface area contributed by atoms with Gasteiger partial charge in [-0.05, 0) is 40.8 Å². The minimum Gasteiger partial charge on any atom is -0.391 e. The first-order valence-corrected chi connectivity index (χ1v) is 7.15. The minimum atomic E-state index is -0.384. The van der Waals surface area contributed by atoms with E-state index in [1.165, 1.54) is 0 Å². The van der Waals surface area contributed by atoms with Crippen molar-refractivity contribution in [3.05, 3.63) is 32.4 Å². The highest BCUT2D eigenvalue weighted by Gasteiger charge is 2.25. The molecule has 0 aliphatic carbocycles. The number of aliphatic hydroxyl groups excluding tert-OH is 1. The zero-order valence-corrected chi connectivity index (χ0v) is 13.8. The Labute approximate surface area is 136 Å². The van der Waals surface area contributed by atoms with Crippen LogP contribution in [0, 0.1) is 9.49 Å². The first-order chi connectivity index (χ1) is 8.58. The van der Waals surface area contributed by atoms with Gasteiger partial charge in [-0.1, -0.05) is 11.6 Å². The number of aliphatic hydroxyl groups is 1. The van der Waals surface area contributed by atoms with Crippen molar-refractivity contribution >= 4 is 52.5 Å². The topological polar surface area (TPSA) is 61.4 Å². The number of carbonyl (C=O) groups excluding carboxylic acids is 1. The second-order valence-electron chi connectivity index (χ2n) is 4.32. The van der Waals surface area contributed by atoms with Crippen LogP contribution >= 0.6 is 46.6 Å². The summed E-state index contributed by atoms with van der Waals surface area (Å²) in [5.74, 6) is -0.0827. The van der Waals surface area contributed by atoms with Crippen LogP contribution in [0.2, 0.25) is 5.02 Å². The summed E-state index contributed by atoms with van der Waals surface area (Å²) in [6.45, 7) is 1.79. The molecular formula is C12H15Cl2IN2O2. The van der Waals surface area contributed by atoms with Gasteiger partial charge in [0, 0.05) is 34.7 Å². The third-order valence-electron chi connectivity index (χ3n) is 3.01. The van der Waals surface area contributed by atoms with Gasteiger partial charge < -0.3 is 15.7 Å². The molecule has 2 rings (SSSR count). The summed E-state index contributed by atoms with van der Waals surface area (Å²) >= 11 is 8.09. The summed E-state index contributed by atoms with van der Waals surface area (Å²) in [5, 5.41) is 16.1. The van der Waals surface area contributed by atoms with Crippen LogP contribution in [0.25, 0.3) is 0 Å². The molecule has 1 aromatic carbocycles. The first kappa shape index (κ1) is 17.0. The number of halogens is 3. The molecule has 2 unspecified atom stereocenters. The summed E-state index contributed by atoms with van der Waals surface area (Å²) in [7, 11) is 0. The molecule has 0 aromatic heterocycles. The highest BCUT2D eigenvalue weighted by Crippen LogP contribution is 2.19. The number of benzene rings is 1. The van der Waals surface area contributed by atoms with E-state index in [1.54, 1.807) is 12.1 Å². The lowest BCUT2D eigenvalue weighted by molar-refractivity contribution is 0.0927. The van der Waals surface area contributed by atoms with Gasteiger partial charge in [0.05, 0.1) is 11.1 Å². The van der Waals surface area contributed by atoms with Gasteiger partial charge in [-0.15, -0.1) is 12.4 Å². The van der Waals surface area contributed by atoms with Gasteiger partial charge in [-0.2, -0.15) is 0 Å². The monoisotopic (exact) mass is 416 g/mol. The molecule has 0 radical (unpaired) electrons. The fourth-order valence-electron chi connectivity index (χ4n) is 1.89. The van der Waals surface area contributed by atoms with Gasteiger partial charge in [0.2, 0.25) is 0 Å². The van der Waals surface area contributed by atoms with Gasteiger partial charge in [0.25, 0.3) is 5.91 Å². The summed E-state index contributed by atoms with van der Waals surface area (Å²) in [5.41, 5.74) is 0.542. The lowest BCUT2D eigenvalue weighted by atomic mass is 10.1. The molecule has 19 heavy (non-hydrogen) atoms. The second-order valence-corrected chi connectivity index (χ2v) is 5.89. The van der Waals surface area contributed by atoms with Gasteiger partial charge in [0.1, 0.15) is 0 Å². The summed E-state index contributed by atoms with van der Waals surface area (Å²) < 4.78 is 0.918. The number of hydrogen-bond acceptors (Lipinski definition) is 3. The number of rotatable bonds is 3. The normalized spacial score (nSPS) is 21.8. The molecular weight excluding hydrogens is 402 g/mol. The van der Waals surface area contributed by atoms with Gasteiger partial charge >= 0.3 is 0 Å². The van der Waals surface area contributed by atoms with Crippen molar-refractivity contribution in [2.45, 2.75) is 6.10 Å². The van der Waals surface area contributed by atoms with Crippen molar-refractivity contribution < 1.29 is 9.90 Å². The average Bonchev–Trinajstić information content (AvgIpc) is 2.75. The third-order valence-corrected chi connectivity index (χ3v) is 4.58. The van der Waals surface area contributed by atoms with Crippen molar-refractivity contribution in [1.82, 2.24) is 10.6 Å². The van der Waals surface area contributed by atoms with E-state index in [4.69, 9.17) is 11.6 Å². The molecule has 1 amide bonds. The van der Waals surface area contributed by atoms with E-state index >= 15 is 0 Å². The molecule has 4 nitrogen and oxygen atoms in total. The maximum atomic E-state index is 11.9. The minimum absolute atomic E-state index is 0. The van der Waals surface area contributed by atoms with Crippen LogP contribution in [-0.2, 0) is 0 Å². The Kier molecular flexibility index (Phi) is 6.82. The smallest absolute Gasteiger partial charge is 0.251 e. The molecule has 0 spiro atoms. The Bertz CT molecular complexity index is 459. The third kappa shape index (κ3) is 4.46. The molecule has 106 valence electrons. The van der Waals surface area contributed by atoms with E-state index in [0.29, 0.717) is 23.7 Å². The molecule has 1 aliphatic rings. The molecule has 1 aliphatic heterocycles. The van der Waals surface area contributed by atoms with Crippen LogP contribution in [0.15, 0.2) is 18.2 Å². The van der Waals surface area contributed by atoms with Gasteiger partial charge in [0.15, 0.2) is 0 Å². The van der Waals surface area contributed by atoms with E-state index in [0.717, 1.165) is 10.1 Å².